The number of hydrogen-bond acceptors (Lipinski definition) is 3. The summed E-state index contributed by atoms with van der Waals surface area (Å²) in [7, 11) is -3.24. The molecule has 1 saturated heterocycles. The summed E-state index contributed by atoms with van der Waals surface area (Å²) in [6.45, 7) is 2.49. The molecule has 25 heavy (non-hydrogen) atoms. The highest BCUT2D eigenvalue weighted by Gasteiger charge is 2.38. The van der Waals surface area contributed by atoms with Gasteiger partial charge in [0, 0.05) is 19.6 Å². The molecule has 1 fully saturated rings. The van der Waals surface area contributed by atoms with Crippen molar-refractivity contribution in [1.29, 1.82) is 0 Å². The largest absolute Gasteiger partial charge is 0.449 e. The van der Waals surface area contributed by atoms with Gasteiger partial charge >= 0.3 is 6.18 Å². The average Bonchev–Trinajstić information content (AvgIpc) is 2.94. The van der Waals surface area contributed by atoms with Crippen LogP contribution in [-0.2, 0) is 22.7 Å². The molecule has 0 radical (unpaired) electrons. The second-order valence-corrected chi connectivity index (χ2v) is 8.53. The molecule has 1 aromatic heterocycles. The second-order valence-electron chi connectivity index (χ2n) is 6.28. The number of halogens is 3. The van der Waals surface area contributed by atoms with Crippen LogP contribution in [0.5, 0.6) is 0 Å². The van der Waals surface area contributed by atoms with Crippen molar-refractivity contribution >= 4 is 21.1 Å². The number of hydrogen-bond donors (Lipinski definition) is 0. The lowest BCUT2D eigenvalue weighted by Crippen LogP contribution is -2.40. The highest BCUT2D eigenvalue weighted by molar-refractivity contribution is 7.89. The maximum absolute atomic E-state index is 13.3. The Morgan fingerprint density at radius 1 is 1.20 bits per heavy atom. The minimum absolute atomic E-state index is 0.0120. The maximum atomic E-state index is 13.3. The Labute approximate surface area is 144 Å². The molecule has 0 N–H and O–H groups in total. The highest BCUT2D eigenvalue weighted by Crippen LogP contribution is 2.33. The quantitative estimate of drug-likeness (QED) is 0.825. The highest BCUT2D eigenvalue weighted by atomic mass is 32.2. The fourth-order valence-corrected chi connectivity index (χ4v) is 4.42. The number of para-hydroxylation sites is 2. The number of benzene rings is 1. The van der Waals surface area contributed by atoms with E-state index in [-0.39, 0.29) is 18.2 Å². The molecular formula is C16H20F3N3O2S. The van der Waals surface area contributed by atoms with Crippen molar-refractivity contribution in [3.8, 4) is 0 Å². The Morgan fingerprint density at radius 3 is 2.44 bits per heavy atom. The zero-order valence-electron chi connectivity index (χ0n) is 13.8. The lowest BCUT2D eigenvalue weighted by Gasteiger charge is -2.31. The molecule has 0 atom stereocenters. The summed E-state index contributed by atoms with van der Waals surface area (Å²) in [6, 6.07) is 6.55. The third-order valence-corrected chi connectivity index (χ3v) is 6.56. The molecule has 5 nitrogen and oxygen atoms in total. The number of fused-ring (bicyclic) bond motifs is 1. The van der Waals surface area contributed by atoms with Crippen LogP contribution in [0.25, 0.3) is 11.0 Å². The Bertz CT molecular complexity index is 853. The first-order valence-corrected chi connectivity index (χ1v) is 9.83. The molecule has 0 amide bonds. The van der Waals surface area contributed by atoms with Gasteiger partial charge in [0.2, 0.25) is 15.8 Å². The van der Waals surface area contributed by atoms with Crippen LogP contribution in [0.4, 0.5) is 13.2 Å². The Hall–Kier alpha value is -1.61. The fraction of sp³-hybridized carbons (Fsp3) is 0.562. The van der Waals surface area contributed by atoms with E-state index in [2.05, 4.69) is 4.98 Å². The number of piperidine rings is 1. The van der Waals surface area contributed by atoms with Gasteiger partial charge in [0.1, 0.15) is 0 Å². The van der Waals surface area contributed by atoms with Gasteiger partial charge in [-0.25, -0.2) is 17.7 Å². The summed E-state index contributed by atoms with van der Waals surface area (Å²) in [5.74, 6) is -0.860. The normalized spacial score (nSPS) is 18.1. The predicted molar refractivity (Wildman–Crippen MR) is 88.5 cm³/mol. The zero-order valence-corrected chi connectivity index (χ0v) is 14.6. The van der Waals surface area contributed by atoms with Crippen LogP contribution in [0.2, 0.25) is 0 Å². The molecule has 1 aromatic carbocycles. The van der Waals surface area contributed by atoms with Crippen molar-refractivity contribution in [3.63, 3.8) is 0 Å². The van der Waals surface area contributed by atoms with E-state index in [9.17, 15) is 21.6 Å². The minimum Gasteiger partial charge on any atom is -0.320 e. The summed E-state index contributed by atoms with van der Waals surface area (Å²) in [6.07, 6.45) is -3.43. The monoisotopic (exact) mass is 375 g/mol. The van der Waals surface area contributed by atoms with Crippen molar-refractivity contribution in [2.75, 3.05) is 18.8 Å². The van der Waals surface area contributed by atoms with Gasteiger partial charge in [0.15, 0.2) is 0 Å². The summed E-state index contributed by atoms with van der Waals surface area (Å²) < 4.78 is 66.5. The van der Waals surface area contributed by atoms with Crippen molar-refractivity contribution < 1.29 is 21.6 Å². The first kappa shape index (κ1) is 18.2. The van der Waals surface area contributed by atoms with E-state index in [0.29, 0.717) is 37.0 Å². The molecule has 9 heteroatoms. The van der Waals surface area contributed by atoms with Gasteiger partial charge in [-0.1, -0.05) is 12.1 Å². The number of alkyl halides is 3. The molecule has 2 aromatic rings. The molecular weight excluding hydrogens is 355 g/mol. The second kappa shape index (κ2) is 6.60. The van der Waals surface area contributed by atoms with Crippen LogP contribution in [0.3, 0.4) is 0 Å². The van der Waals surface area contributed by atoms with Gasteiger partial charge in [-0.05, 0) is 37.8 Å². The van der Waals surface area contributed by atoms with Crippen LogP contribution >= 0.6 is 0 Å². The van der Waals surface area contributed by atoms with Gasteiger partial charge in [-0.2, -0.15) is 13.2 Å². The van der Waals surface area contributed by atoms with E-state index >= 15 is 0 Å². The molecule has 2 heterocycles. The SMILES string of the molecule is CCS(=O)(=O)N1CCC(Cn2c(C(F)(F)F)nc3ccccc32)CC1. The van der Waals surface area contributed by atoms with E-state index in [1.54, 1.807) is 31.2 Å². The molecule has 0 aliphatic carbocycles. The molecule has 1 aliphatic rings. The predicted octanol–water partition coefficient (Wildman–Crippen LogP) is 3.12. The lowest BCUT2D eigenvalue weighted by atomic mass is 9.98. The van der Waals surface area contributed by atoms with Crippen molar-refractivity contribution in [2.24, 2.45) is 5.92 Å². The first-order chi connectivity index (χ1) is 11.7. The van der Waals surface area contributed by atoms with Crippen molar-refractivity contribution in [3.05, 3.63) is 30.1 Å². The fourth-order valence-electron chi connectivity index (χ4n) is 3.29. The molecule has 0 unspecified atom stereocenters. The lowest BCUT2D eigenvalue weighted by molar-refractivity contribution is -0.147. The van der Waals surface area contributed by atoms with E-state index in [0.717, 1.165) is 0 Å². The van der Waals surface area contributed by atoms with Gasteiger partial charge in [-0.15, -0.1) is 0 Å². The summed E-state index contributed by atoms with van der Waals surface area (Å²) in [5.41, 5.74) is 0.777. The van der Waals surface area contributed by atoms with Crippen LogP contribution < -0.4 is 0 Å². The third kappa shape index (κ3) is 3.67. The van der Waals surface area contributed by atoms with E-state index in [1.165, 1.54) is 8.87 Å². The minimum atomic E-state index is -4.52. The Balaban J connectivity index is 1.82. The average molecular weight is 375 g/mol. The van der Waals surface area contributed by atoms with Gasteiger partial charge < -0.3 is 4.57 Å². The van der Waals surface area contributed by atoms with Gasteiger partial charge in [0.25, 0.3) is 0 Å². The number of aromatic nitrogens is 2. The van der Waals surface area contributed by atoms with Crippen molar-refractivity contribution in [2.45, 2.75) is 32.5 Å². The number of rotatable bonds is 4. The van der Waals surface area contributed by atoms with Gasteiger partial charge in [0.05, 0.1) is 16.8 Å². The molecule has 0 spiro atoms. The van der Waals surface area contributed by atoms with Crippen LogP contribution in [0.15, 0.2) is 24.3 Å². The topological polar surface area (TPSA) is 55.2 Å². The molecule has 0 bridgehead atoms. The van der Waals surface area contributed by atoms with Crippen molar-refractivity contribution in [1.82, 2.24) is 13.9 Å². The Morgan fingerprint density at radius 2 is 1.84 bits per heavy atom. The molecule has 1 aliphatic heterocycles. The summed E-state index contributed by atoms with van der Waals surface area (Å²) >= 11 is 0. The van der Waals surface area contributed by atoms with E-state index in [1.807, 2.05) is 0 Å². The maximum Gasteiger partial charge on any atom is 0.449 e. The first-order valence-electron chi connectivity index (χ1n) is 8.22. The third-order valence-electron chi connectivity index (χ3n) is 4.68. The van der Waals surface area contributed by atoms with Crippen LogP contribution in [0, 0.1) is 5.92 Å². The summed E-state index contributed by atoms with van der Waals surface area (Å²) in [5, 5.41) is 0. The number of nitrogens with zero attached hydrogens (tertiary/aromatic N) is 3. The summed E-state index contributed by atoms with van der Waals surface area (Å²) in [4.78, 5) is 3.75. The van der Waals surface area contributed by atoms with Gasteiger partial charge in [-0.3, -0.25) is 0 Å². The molecule has 0 saturated carbocycles. The number of sulfonamides is 1. The molecule has 138 valence electrons. The Kier molecular flexibility index (Phi) is 4.80. The zero-order chi connectivity index (χ0) is 18.2. The van der Waals surface area contributed by atoms with E-state index < -0.39 is 22.0 Å². The smallest absolute Gasteiger partial charge is 0.320 e. The van der Waals surface area contributed by atoms with Crippen LogP contribution in [0.1, 0.15) is 25.6 Å². The number of imidazole rings is 1. The standard InChI is InChI=1S/C16H20F3N3O2S/c1-2-25(23,24)21-9-7-12(8-10-21)11-22-14-6-4-3-5-13(14)20-15(22)16(17,18)19/h3-6,12H,2,7-11H2,1H3. The van der Waals surface area contributed by atoms with Crippen LogP contribution in [-0.4, -0.2) is 41.1 Å². The van der Waals surface area contributed by atoms with E-state index in [4.69, 9.17) is 0 Å². The molecule has 3 rings (SSSR count).